The van der Waals surface area contributed by atoms with Crippen molar-refractivity contribution < 1.29 is 22.8 Å². The Morgan fingerprint density at radius 1 is 1.09 bits per heavy atom. The molecular formula is C24H27Cl2N3O5S. The molecule has 188 valence electrons. The number of carbonyl (C=O) groups is 3. The first kappa shape index (κ1) is 27.0. The third kappa shape index (κ3) is 5.97. The van der Waals surface area contributed by atoms with E-state index in [0.717, 1.165) is 0 Å². The molecule has 1 N–H and O–H groups in total. The molecule has 2 aromatic rings. The summed E-state index contributed by atoms with van der Waals surface area (Å²) < 4.78 is 26.4. The average molecular weight is 540 g/mol. The third-order valence-electron chi connectivity index (χ3n) is 5.44. The van der Waals surface area contributed by atoms with E-state index in [1.54, 1.807) is 31.2 Å². The Morgan fingerprint density at radius 2 is 1.74 bits per heavy atom. The monoisotopic (exact) mass is 539 g/mol. The molecule has 0 spiro atoms. The molecule has 1 atom stereocenters. The summed E-state index contributed by atoms with van der Waals surface area (Å²) in [6.07, 6.45) is -0.298. The van der Waals surface area contributed by atoms with Crippen LogP contribution >= 0.6 is 23.2 Å². The highest BCUT2D eigenvalue weighted by atomic mass is 35.5. The summed E-state index contributed by atoms with van der Waals surface area (Å²) >= 11 is 12.1. The Balaban J connectivity index is 1.83. The summed E-state index contributed by atoms with van der Waals surface area (Å²) in [5, 5.41) is 3.50. The minimum atomic E-state index is -4.05. The number of carbonyl (C=O) groups excluding carboxylic acids is 3. The van der Waals surface area contributed by atoms with E-state index in [1.165, 1.54) is 23.1 Å². The first-order chi connectivity index (χ1) is 16.2. The number of nitrogens with one attached hydrogen (secondary N) is 1. The van der Waals surface area contributed by atoms with Gasteiger partial charge in [0, 0.05) is 25.0 Å². The highest BCUT2D eigenvalue weighted by Gasteiger charge is 2.41. The Kier molecular flexibility index (Phi) is 7.83. The van der Waals surface area contributed by atoms with Crippen LogP contribution < -0.4 is 5.32 Å². The van der Waals surface area contributed by atoms with Crippen LogP contribution in [0, 0.1) is 0 Å². The van der Waals surface area contributed by atoms with Gasteiger partial charge in [-0.05, 0) is 57.5 Å². The largest absolute Gasteiger partial charge is 0.350 e. The van der Waals surface area contributed by atoms with Crippen molar-refractivity contribution in [3.05, 3.63) is 63.6 Å². The van der Waals surface area contributed by atoms with Crippen LogP contribution in [0.4, 0.5) is 0 Å². The molecule has 0 bridgehead atoms. The van der Waals surface area contributed by atoms with Gasteiger partial charge in [0.2, 0.25) is 11.8 Å². The lowest BCUT2D eigenvalue weighted by molar-refractivity contribution is -0.141. The van der Waals surface area contributed by atoms with E-state index in [9.17, 15) is 22.8 Å². The zero-order valence-corrected chi connectivity index (χ0v) is 22.2. The molecule has 1 aliphatic rings. The summed E-state index contributed by atoms with van der Waals surface area (Å²) in [5.41, 5.74) is 0.192. The lowest BCUT2D eigenvalue weighted by Crippen LogP contribution is -2.52. The molecule has 3 amide bonds. The predicted molar refractivity (Wildman–Crippen MR) is 134 cm³/mol. The van der Waals surface area contributed by atoms with Crippen LogP contribution in [0.3, 0.4) is 0 Å². The third-order valence-corrected chi connectivity index (χ3v) is 8.02. The zero-order chi connectivity index (χ0) is 26.1. The highest BCUT2D eigenvalue weighted by molar-refractivity contribution is 7.90. The second kappa shape index (κ2) is 10.2. The minimum Gasteiger partial charge on any atom is -0.350 e. The van der Waals surface area contributed by atoms with Gasteiger partial charge >= 0.3 is 0 Å². The summed E-state index contributed by atoms with van der Waals surface area (Å²) in [4.78, 5) is 40.1. The fourth-order valence-corrected chi connectivity index (χ4v) is 5.57. The number of amides is 3. The normalized spacial score (nSPS) is 15.5. The highest BCUT2D eigenvalue weighted by Crippen LogP contribution is 2.30. The van der Waals surface area contributed by atoms with Crippen molar-refractivity contribution in [3.63, 3.8) is 0 Å². The maximum absolute atomic E-state index is 13.3. The van der Waals surface area contributed by atoms with E-state index in [2.05, 4.69) is 5.32 Å². The number of nitrogens with zero attached hydrogens (tertiary/aromatic N) is 2. The molecule has 0 saturated carbocycles. The smallest absolute Gasteiger partial charge is 0.269 e. The van der Waals surface area contributed by atoms with Gasteiger partial charge in [-0.3, -0.25) is 14.4 Å². The van der Waals surface area contributed by atoms with Crippen molar-refractivity contribution in [3.8, 4) is 0 Å². The molecule has 0 aromatic heterocycles. The lowest BCUT2D eigenvalue weighted by Gasteiger charge is -2.32. The van der Waals surface area contributed by atoms with Gasteiger partial charge in [0.05, 0.1) is 15.6 Å². The number of fused-ring (bicyclic) bond motifs is 1. The topological polar surface area (TPSA) is 104 Å². The maximum Gasteiger partial charge on any atom is 0.269 e. The van der Waals surface area contributed by atoms with Crippen LogP contribution in [-0.2, 0) is 26.2 Å². The second-order valence-corrected chi connectivity index (χ2v) is 12.0. The number of hydrogen-bond donors (Lipinski definition) is 1. The van der Waals surface area contributed by atoms with Crippen LogP contribution in [0.1, 0.15) is 50.0 Å². The Morgan fingerprint density at radius 3 is 2.34 bits per heavy atom. The first-order valence-corrected chi connectivity index (χ1v) is 13.1. The molecule has 1 aliphatic heterocycles. The van der Waals surface area contributed by atoms with Gasteiger partial charge in [-0.1, -0.05) is 41.4 Å². The molecule has 2 aromatic carbocycles. The summed E-state index contributed by atoms with van der Waals surface area (Å²) in [5.74, 6) is -1.54. The Bertz CT molecular complexity index is 1270. The van der Waals surface area contributed by atoms with Crippen molar-refractivity contribution in [2.45, 2.75) is 57.1 Å². The SMILES string of the molecule is CC(C(=O)NC(C)(C)C)N(Cc1ccc(Cl)c(Cl)c1)C(=O)CCN1C(=O)c2ccccc2S1(=O)=O. The number of hydrogen-bond acceptors (Lipinski definition) is 5. The molecule has 3 rings (SSSR count). The first-order valence-electron chi connectivity index (χ1n) is 10.9. The van der Waals surface area contributed by atoms with Crippen molar-refractivity contribution in [1.82, 2.24) is 14.5 Å². The number of benzene rings is 2. The fraction of sp³-hybridized carbons (Fsp3) is 0.375. The summed E-state index contributed by atoms with van der Waals surface area (Å²) in [6.45, 7) is 6.75. The molecule has 1 heterocycles. The van der Waals surface area contributed by atoms with Gasteiger partial charge in [0.1, 0.15) is 10.9 Å². The molecule has 0 aliphatic carbocycles. The van der Waals surface area contributed by atoms with E-state index in [0.29, 0.717) is 19.9 Å². The predicted octanol–water partition coefficient (Wildman–Crippen LogP) is 3.86. The number of halogens is 2. The quantitative estimate of drug-likeness (QED) is 0.575. The van der Waals surface area contributed by atoms with Gasteiger partial charge in [0.25, 0.3) is 15.9 Å². The standard InChI is InChI=1S/C24H27Cl2N3O5S/c1-15(22(31)27-24(2,3)4)28(14-16-9-10-18(25)19(26)13-16)21(30)11-12-29-23(32)17-7-5-6-8-20(17)35(29,33)34/h5-10,13,15H,11-12,14H2,1-4H3,(H,27,31). The van der Waals surface area contributed by atoms with Crippen LogP contribution in [-0.4, -0.2) is 53.5 Å². The average Bonchev–Trinajstić information content (AvgIpc) is 2.96. The van der Waals surface area contributed by atoms with Gasteiger partial charge in [0.15, 0.2) is 0 Å². The van der Waals surface area contributed by atoms with Crippen LogP contribution in [0.5, 0.6) is 0 Å². The fourth-order valence-electron chi connectivity index (χ4n) is 3.68. The van der Waals surface area contributed by atoms with Crippen molar-refractivity contribution >= 4 is 50.9 Å². The maximum atomic E-state index is 13.3. The lowest BCUT2D eigenvalue weighted by atomic mass is 10.1. The van der Waals surface area contributed by atoms with E-state index in [4.69, 9.17) is 23.2 Å². The van der Waals surface area contributed by atoms with Gasteiger partial charge in [-0.2, -0.15) is 0 Å². The van der Waals surface area contributed by atoms with Crippen molar-refractivity contribution in [2.75, 3.05) is 6.54 Å². The van der Waals surface area contributed by atoms with Crippen LogP contribution in [0.2, 0.25) is 10.0 Å². The van der Waals surface area contributed by atoms with Gasteiger partial charge in [-0.15, -0.1) is 0 Å². The zero-order valence-electron chi connectivity index (χ0n) is 19.8. The van der Waals surface area contributed by atoms with E-state index < -0.39 is 33.4 Å². The molecule has 35 heavy (non-hydrogen) atoms. The molecule has 1 unspecified atom stereocenters. The number of rotatable bonds is 7. The molecule has 0 radical (unpaired) electrons. The molecule has 11 heteroatoms. The van der Waals surface area contributed by atoms with Gasteiger partial charge < -0.3 is 10.2 Å². The minimum absolute atomic E-state index is 0.0371. The second-order valence-electron chi connectivity index (χ2n) is 9.31. The molecule has 0 fully saturated rings. The summed E-state index contributed by atoms with van der Waals surface area (Å²) in [6, 6.07) is 9.92. The van der Waals surface area contributed by atoms with Crippen molar-refractivity contribution in [1.29, 1.82) is 0 Å². The summed E-state index contributed by atoms with van der Waals surface area (Å²) in [7, 11) is -4.05. The van der Waals surface area contributed by atoms with E-state index >= 15 is 0 Å². The van der Waals surface area contributed by atoms with E-state index in [-0.39, 0.29) is 35.9 Å². The van der Waals surface area contributed by atoms with Gasteiger partial charge in [-0.25, -0.2) is 12.7 Å². The van der Waals surface area contributed by atoms with Crippen LogP contribution in [0.15, 0.2) is 47.4 Å². The molecular weight excluding hydrogens is 513 g/mol. The number of sulfonamides is 1. The van der Waals surface area contributed by atoms with E-state index in [1.807, 2.05) is 20.8 Å². The van der Waals surface area contributed by atoms with Crippen molar-refractivity contribution in [2.24, 2.45) is 0 Å². The van der Waals surface area contributed by atoms with Crippen LogP contribution in [0.25, 0.3) is 0 Å². The molecule has 0 saturated heterocycles. The Labute approximate surface area is 215 Å². The Hall–Kier alpha value is -2.62. The molecule has 8 nitrogen and oxygen atoms in total.